The van der Waals surface area contributed by atoms with Crippen LogP contribution >= 0.6 is 11.3 Å². The molecule has 0 aliphatic carbocycles. The Hall–Kier alpha value is -2.21. The van der Waals surface area contributed by atoms with E-state index in [4.69, 9.17) is 4.74 Å². The summed E-state index contributed by atoms with van der Waals surface area (Å²) in [7, 11) is 0. The lowest BCUT2D eigenvalue weighted by Crippen LogP contribution is -2.28. The fraction of sp³-hybridized carbons (Fsp3) is 0.200. The van der Waals surface area contributed by atoms with Crippen LogP contribution in [0.4, 0.5) is 4.39 Å². The second-order valence-electron chi connectivity index (χ2n) is 4.20. The number of carbonyl (C=O) groups excluding carboxylic acids is 2. The summed E-state index contributed by atoms with van der Waals surface area (Å²) < 4.78 is 17.8. The Morgan fingerprint density at radius 3 is 2.57 bits per heavy atom. The Balaban J connectivity index is 2.00. The molecule has 0 unspecified atom stereocenters. The van der Waals surface area contributed by atoms with E-state index < -0.39 is 5.97 Å². The predicted octanol–water partition coefficient (Wildman–Crippen LogP) is 2.85. The van der Waals surface area contributed by atoms with E-state index in [9.17, 15) is 14.0 Å². The van der Waals surface area contributed by atoms with Crippen molar-refractivity contribution in [1.29, 1.82) is 0 Å². The molecular weight excluding hydrogens is 293 g/mol. The van der Waals surface area contributed by atoms with Gasteiger partial charge in [-0.3, -0.25) is 4.79 Å². The number of ether oxygens (including phenoxy) is 1. The Labute approximate surface area is 125 Å². The van der Waals surface area contributed by atoms with Gasteiger partial charge in [0.15, 0.2) is 6.61 Å². The van der Waals surface area contributed by atoms with Gasteiger partial charge in [-0.25, -0.2) is 9.18 Å². The average molecular weight is 307 g/mol. The monoisotopic (exact) mass is 307 g/mol. The molecule has 1 amide bonds. The van der Waals surface area contributed by atoms with Crippen LogP contribution in [0.2, 0.25) is 0 Å². The van der Waals surface area contributed by atoms with Crippen LogP contribution in [0.5, 0.6) is 0 Å². The zero-order valence-electron chi connectivity index (χ0n) is 11.4. The second kappa shape index (κ2) is 6.99. The van der Waals surface area contributed by atoms with Crippen molar-refractivity contribution in [3.05, 3.63) is 47.1 Å². The summed E-state index contributed by atoms with van der Waals surface area (Å²) in [6.45, 7) is 1.98. The van der Waals surface area contributed by atoms with E-state index in [0.717, 1.165) is 10.4 Å². The zero-order valence-corrected chi connectivity index (χ0v) is 12.2. The number of halogens is 1. The van der Waals surface area contributed by atoms with Crippen molar-refractivity contribution in [1.82, 2.24) is 5.32 Å². The van der Waals surface area contributed by atoms with E-state index in [0.29, 0.717) is 11.4 Å². The second-order valence-corrected chi connectivity index (χ2v) is 5.28. The number of hydrogen-bond donors (Lipinski definition) is 1. The molecule has 0 spiro atoms. The summed E-state index contributed by atoms with van der Waals surface area (Å²) in [6.07, 6.45) is 0. The van der Waals surface area contributed by atoms with Crippen LogP contribution in [0.1, 0.15) is 16.6 Å². The van der Waals surface area contributed by atoms with Crippen LogP contribution < -0.4 is 5.32 Å². The normalized spacial score (nSPS) is 10.2. The van der Waals surface area contributed by atoms with Gasteiger partial charge >= 0.3 is 5.97 Å². The van der Waals surface area contributed by atoms with Gasteiger partial charge in [0, 0.05) is 11.4 Å². The number of likely N-dealkylation sites (N-methyl/N-ethyl adjacent to an activating group) is 1. The lowest BCUT2D eigenvalue weighted by Gasteiger charge is -2.03. The minimum Gasteiger partial charge on any atom is -0.451 e. The number of benzene rings is 1. The third-order valence-corrected chi connectivity index (χ3v) is 3.76. The fourth-order valence-electron chi connectivity index (χ4n) is 1.67. The largest absolute Gasteiger partial charge is 0.451 e. The summed E-state index contributed by atoms with van der Waals surface area (Å²) >= 11 is 1.24. The highest BCUT2D eigenvalue weighted by Crippen LogP contribution is 2.28. The third kappa shape index (κ3) is 4.13. The maximum Gasteiger partial charge on any atom is 0.348 e. The van der Waals surface area contributed by atoms with Crippen LogP contribution in [0.15, 0.2) is 36.4 Å². The molecule has 110 valence electrons. The van der Waals surface area contributed by atoms with Gasteiger partial charge in [-0.1, -0.05) is 12.1 Å². The molecule has 0 bridgehead atoms. The molecule has 1 N–H and O–H groups in total. The number of amides is 1. The van der Waals surface area contributed by atoms with Crippen LogP contribution in [0.3, 0.4) is 0 Å². The smallest absolute Gasteiger partial charge is 0.348 e. The molecule has 1 heterocycles. The molecule has 4 nitrogen and oxygen atoms in total. The van der Waals surface area contributed by atoms with Crippen LogP contribution in [0.25, 0.3) is 10.4 Å². The maximum atomic E-state index is 12.9. The van der Waals surface area contributed by atoms with Gasteiger partial charge in [0.25, 0.3) is 5.91 Å². The summed E-state index contributed by atoms with van der Waals surface area (Å²) in [6, 6.07) is 9.41. The average Bonchev–Trinajstić information content (AvgIpc) is 2.96. The molecule has 1 aromatic carbocycles. The highest BCUT2D eigenvalue weighted by atomic mass is 32.1. The van der Waals surface area contributed by atoms with Gasteiger partial charge in [0.2, 0.25) is 0 Å². The van der Waals surface area contributed by atoms with Gasteiger partial charge in [-0.05, 0) is 36.8 Å². The first kappa shape index (κ1) is 15.2. The van der Waals surface area contributed by atoms with Crippen molar-refractivity contribution in [2.75, 3.05) is 13.2 Å². The van der Waals surface area contributed by atoms with E-state index in [2.05, 4.69) is 5.32 Å². The van der Waals surface area contributed by atoms with Gasteiger partial charge in [-0.15, -0.1) is 11.3 Å². The molecule has 2 aromatic rings. The Bertz CT molecular complexity index is 637. The highest BCUT2D eigenvalue weighted by Gasteiger charge is 2.13. The van der Waals surface area contributed by atoms with Crippen molar-refractivity contribution < 1.29 is 18.7 Å². The first-order valence-corrected chi connectivity index (χ1v) is 7.21. The third-order valence-electron chi connectivity index (χ3n) is 2.64. The van der Waals surface area contributed by atoms with Crippen molar-refractivity contribution >= 4 is 23.2 Å². The van der Waals surface area contributed by atoms with Gasteiger partial charge in [0.05, 0.1) is 0 Å². The maximum absolute atomic E-state index is 12.9. The number of hydrogen-bond acceptors (Lipinski definition) is 4. The van der Waals surface area contributed by atoms with E-state index in [1.54, 1.807) is 31.2 Å². The number of nitrogens with one attached hydrogen (secondary N) is 1. The molecule has 0 radical (unpaired) electrons. The highest BCUT2D eigenvalue weighted by molar-refractivity contribution is 7.17. The molecule has 0 atom stereocenters. The number of thiophene rings is 1. The SMILES string of the molecule is CCNC(=O)COC(=O)c1ccc(-c2ccc(F)cc2)s1. The first-order chi connectivity index (χ1) is 10.1. The molecule has 0 aliphatic rings. The summed E-state index contributed by atoms with van der Waals surface area (Å²) in [5, 5.41) is 2.54. The minimum absolute atomic E-state index is 0.295. The molecule has 2 rings (SSSR count). The minimum atomic E-state index is -0.542. The quantitative estimate of drug-likeness (QED) is 0.864. The van der Waals surface area contributed by atoms with E-state index >= 15 is 0 Å². The van der Waals surface area contributed by atoms with Crippen LogP contribution in [-0.2, 0) is 9.53 Å². The van der Waals surface area contributed by atoms with Crippen molar-refractivity contribution in [3.63, 3.8) is 0 Å². The molecule has 6 heteroatoms. The lowest BCUT2D eigenvalue weighted by molar-refractivity contribution is -0.124. The molecule has 0 saturated carbocycles. The van der Waals surface area contributed by atoms with Gasteiger partial charge < -0.3 is 10.1 Å². The van der Waals surface area contributed by atoms with Crippen molar-refractivity contribution in [2.45, 2.75) is 6.92 Å². The van der Waals surface area contributed by atoms with Crippen molar-refractivity contribution in [3.8, 4) is 10.4 Å². The molecule has 0 fully saturated rings. The topological polar surface area (TPSA) is 55.4 Å². The lowest BCUT2D eigenvalue weighted by atomic mass is 10.2. The van der Waals surface area contributed by atoms with Gasteiger partial charge in [-0.2, -0.15) is 0 Å². The summed E-state index contributed by atoms with van der Waals surface area (Å²) in [5.74, 6) is -1.18. The summed E-state index contributed by atoms with van der Waals surface area (Å²) in [4.78, 5) is 24.3. The van der Waals surface area contributed by atoms with E-state index in [1.807, 2.05) is 0 Å². The van der Waals surface area contributed by atoms with Crippen LogP contribution in [0, 0.1) is 5.82 Å². The Morgan fingerprint density at radius 2 is 1.90 bits per heavy atom. The van der Waals surface area contributed by atoms with Gasteiger partial charge in [0.1, 0.15) is 10.7 Å². The summed E-state index contributed by atoms with van der Waals surface area (Å²) in [5.41, 5.74) is 0.823. The Morgan fingerprint density at radius 1 is 1.19 bits per heavy atom. The van der Waals surface area contributed by atoms with Crippen molar-refractivity contribution in [2.24, 2.45) is 0 Å². The zero-order chi connectivity index (χ0) is 15.2. The number of carbonyl (C=O) groups is 2. The Kier molecular flexibility index (Phi) is 5.05. The molecule has 0 aliphatic heterocycles. The van der Waals surface area contributed by atoms with E-state index in [-0.39, 0.29) is 18.3 Å². The van der Waals surface area contributed by atoms with Crippen LogP contribution in [-0.4, -0.2) is 25.0 Å². The number of rotatable bonds is 5. The van der Waals surface area contributed by atoms with E-state index in [1.165, 1.54) is 23.5 Å². The standard InChI is InChI=1S/C15H14FNO3S/c1-2-17-14(18)9-20-15(19)13-8-7-12(21-13)10-3-5-11(16)6-4-10/h3-8H,2,9H2,1H3,(H,17,18). The molecule has 1 aromatic heterocycles. The number of esters is 1. The first-order valence-electron chi connectivity index (χ1n) is 6.39. The molecule has 0 saturated heterocycles. The molecular formula is C15H14FNO3S. The molecule has 21 heavy (non-hydrogen) atoms. The fourth-order valence-corrected chi connectivity index (χ4v) is 2.57. The predicted molar refractivity (Wildman–Crippen MR) is 78.7 cm³/mol.